The van der Waals surface area contributed by atoms with Crippen LogP contribution in [0.25, 0.3) is 0 Å². The van der Waals surface area contributed by atoms with Crippen molar-refractivity contribution < 1.29 is 0 Å². The van der Waals surface area contributed by atoms with Gasteiger partial charge in [-0.1, -0.05) is 48.7 Å². The smallest absolute Gasteiger partial charge is 0.0468 e. The lowest BCUT2D eigenvalue weighted by atomic mass is 10.0. The zero-order valence-electron chi connectivity index (χ0n) is 11.7. The second-order valence-electron chi connectivity index (χ2n) is 4.91. The zero-order valence-corrected chi connectivity index (χ0v) is 14.0. The fraction of sp³-hybridized carbons (Fsp3) is 0.375. The third kappa shape index (κ3) is 3.98. The topological polar surface area (TPSA) is 12.0 Å². The summed E-state index contributed by atoms with van der Waals surface area (Å²) in [6.45, 7) is 4.35. The summed E-state index contributed by atoms with van der Waals surface area (Å²) in [4.78, 5) is 1.38. The van der Waals surface area contributed by atoms with Crippen LogP contribution in [0.2, 0.25) is 10.0 Å². The van der Waals surface area contributed by atoms with Crippen LogP contribution in [0.3, 0.4) is 0 Å². The Bertz CT molecular complexity index is 539. The van der Waals surface area contributed by atoms with Gasteiger partial charge in [-0.15, -0.1) is 11.3 Å². The second kappa shape index (κ2) is 7.46. The molecule has 4 heteroatoms. The van der Waals surface area contributed by atoms with E-state index in [9.17, 15) is 0 Å². The van der Waals surface area contributed by atoms with E-state index in [2.05, 4.69) is 36.7 Å². The van der Waals surface area contributed by atoms with Gasteiger partial charge in [-0.25, -0.2) is 0 Å². The van der Waals surface area contributed by atoms with Crippen molar-refractivity contribution in [3.05, 3.63) is 56.2 Å². The van der Waals surface area contributed by atoms with Crippen molar-refractivity contribution in [3.63, 3.8) is 0 Å². The Labute approximate surface area is 134 Å². The normalized spacial score (nSPS) is 14.2. The summed E-state index contributed by atoms with van der Waals surface area (Å²) in [5.74, 6) is 0. The molecule has 0 saturated heterocycles. The first-order chi connectivity index (χ1) is 9.61. The van der Waals surface area contributed by atoms with Crippen LogP contribution in [0.4, 0.5) is 0 Å². The summed E-state index contributed by atoms with van der Waals surface area (Å²) in [6, 6.07) is 10.6. The lowest BCUT2D eigenvalue weighted by Gasteiger charge is -2.23. The Hall–Kier alpha value is -0.540. The van der Waals surface area contributed by atoms with E-state index in [0.717, 1.165) is 23.4 Å². The first kappa shape index (κ1) is 15.8. The van der Waals surface area contributed by atoms with E-state index in [4.69, 9.17) is 23.2 Å². The van der Waals surface area contributed by atoms with E-state index in [1.807, 2.05) is 12.1 Å². The van der Waals surface area contributed by atoms with Gasteiger partial charge in [0.05, 0.1) is 0 Å². The number of benzene rings is 1. The first-order valence-electron chi connectivity index (χ1n) is 6.86. The van der Waals surface area contributed by atoms with Gasteiger partial charge in [0.15, 0.2) is 0 Å². The van der Waals surface area contributed by atoms with Gasteiger partial charge in [-0.05, 0) is 42.5 Å². The lowest BCUT2D eigenvalue weighted by molar-refractivity contribution is 0.445. The van der Waals surface area contributed by atoms with Crippen molar-refractivity contribution in [1.29, 1.82) is 0 Å². The molecule has 2 unspecified atom stereocenters. The van der Waals surface area contributed by atoms with E-state index in [1.165, 1.54) is 4.88 Å². The predicted molar refractivity (Wildman–Crippen MR) is 90.0 cm³/mol. The van der Waals surface area contributed by atoms with Crippen molar-refractivity contribution in [2.75, 3.05) is 0 Å². The number of halogens is 2. The summed E-state index contributed by atoms with van der Waals surface area (Å²) >= 11 is 14.0. The van der Waals surface area contributed by atoms with Crippen LogP contribution in [0.1, 0.15) is 49.2 Å². The molecule has 1 heterocycles. The Morgan fingerprint density at radius 1 is 1.25 bits per heavy atom. The molecule has 0 spiro atoms. The number of rotatable bonds is 6. The fourth-order valence-electron chi connectivity index (χ4n) is 2.33. The molecule has 20 heavy (non-hydrogen) atoms. The van der Waals surface area contributed by atoms with E-state index >= 15 is 0 Å². The van der Waals surface area contributed by atoms with Crippen LogP contribution in [0.5, 0.6) is 0 Å². The minimum atomic E-state index is 0.193. The monoisotopic (exact) mass is 327 g/mol. The van der Waals surface area contributed by atoms with Crippen molar-refractivity contribution in [2.24, 2.45) is 0 Å². The highest BCUT2D eigenvalue weighted by Crippen LogP contribution is 2.30. The summed E-state index contributed by atoms with van der Waals surface area (Å²) in [6.07, 6.45) is 2.27. The van der Waals surface area contributed by atoms with Gasteiger partial charge >= 0.3 is 0 Å². The van der Waals surface area contributed by atoms with Crippen LogP contribution in [-0.2, 0) is 0 Å². The molecule has 0 aliphatic carbocycles. The maximum absolute atomic E-state index is 6.29. The van der Waals surface area contributed by atoms with Gasteiger partial charge in [0, 0.05) is 27.0 Å². The molecular weight excluding hydrogens is 309 g/mol. The highest BCUT2D eigenvalue weighted by Gasteiger charge is 2.17. The largest absolute Gasteiger partial charge is 0.303 e. The number of hydrogen-bond acceptors (Lipinski definition) is 2. The molecule has 0 bridgehead atoms. The van der Waals surface area contributed by atoms with Crippen molar-refractivity contribution in [2.45, 2.75) is 38.8 Å². The maximum Gasteiger partial charge on any atom is 0.0468 e. The molecule has 0 radical (unpaired) electrons. The average molecular weight is 328 g/mol. The number of nitrogens with one attached hydrogen (secondary N) is 1. The molecule has 0 saturated carbocycles. The molecule has 2 atom stereocenters. The number of thiophene rings is 1. The van der Waals surface area contributed by atoms with Gasteiger partial charge in [0.1, 0.15) is 0 Å². The average Bonchev–Trinajstić information content (AvgIpc) is 2.91. The molecule has 0 amide bonds. The van der Waals surface area contributed by atoms with Crippen molar-refractivity contribution >= 4 is 34.5 Å². The molecule has 108 valence electrons. The summed E-state index contributed by atoms with van der Waals surface area (Å²) < 4.78 is 0. The van der Waals surface area contributed by atoms with E-state index in [0.29, 0.717) is 11.1 Å². The van der Waals surface area contributed by atoms with E-state index in [-0.39, 0.29) is 6.04 Å². The van der Waals surface area contributed by atoms with E-state index in [1.54, 1.807) is 17.4 Å². The Morgan fingerprint density at radius 2 is 2.05 bits per heavy atom. The minimum Gasteiger partial charge on any atom is -0.303 e. The van der Waals surface area contributed by atoms with Crippen LogP contribution in [-0.4, -0.2) is 0 Å². The van der Waals surface area contributed by atoms with Crippen LogP contribution >= 0.6 is 34.5 Å². The van der Waals surface area contributed by atoms with E-state index < -0.39 is 0 Å². The molecule has 0 aliphatic heterocycles. The van der Waals surface area contributed by atoms with Gasteiger partial charge in [-0.3, -0.25) is 0 Å². The van der Waals surface area contributed by atoms with Crippen LogP contribution in [0.15, 0.2) is 35.7 Å². The Balaban J connectivity index is 2.13. The Morgan fingerprint density at radius 3 is 2.65 bits per heavy atom. The highest BCUT2D eigenvalue weighted by molar-refractivity contribution is 7.10. The fourth-order valence-corrected chi connectivity index (χ4v) is 3.72. The van der Waals surface area contributed by atoms with Gasteiger partial charge in [0.2, 0.25) is 0 Å². The summed E-state index contributed by atoms with van der Waals surface area (Å²) in [7, 11) is 0. The Kier molecular flexibility index (Phi) is 5.91. The van der Waals surface area contributed by atoms with Gasteiger partial charge in [0.25, 0.3) is 0 Å². The second-order valence-corrected chi connectivity index (χ2v) is 6.73. The number of hydrogen-bond donors (Lipinski definition) is 1. The standard InChI is InChI=1S/C16H19Cl2NS/c1-3-5-15(16-6-4-9-20-16)19-11(2)13-8-7-12(17)10-14(13)18/h4,6-11,15,19H,3,5H2,1-2H3. The third-order valence-electron chi connectivity index (χ3n) is 3.34. The maximum atomic E-state index is 6.29. The molecule has 0 fully saturated rings. The summed E-state index contributed by atoms with van der Waals surface area (Å²) in [5, 5.41) is 7.20. The molecule has 2 rings (SSSR count). The van der Waals surface area contributed by atoms with Crippen molar-refractivity contribution in [3.8, 4) is 0 Å². The minimum absolute atomic E-state index is 0.193. The quantitative estimate of drug-likeness (QED) is 0.661. The lowest BCUT2D eigenvalue weighted by Crippen LogP contribution is -2.24. The molecule has 1 aromatic carbocycles. The molecule has 1 nitrogen and oxygen atoms in total. The summed E-state index contributed by atoms with van der Waals surface area (Å²) in [5.41, 5.74) is 1.09. The van der Waals surface area contributed by atoms with Crippen LogP contribution < -0.4 is 5.32 Å². The molecule has 1 N–H and O–H groups in total. The molecule has 2 aromatic rings. The third-order valence-corrected chi connectivity index (χ3v) is 4.89. The van der Waals surface area contributed by atoms with Gasteiger partial charge in [-0.2, -0.15) is 0 Å². The van der Waals surface area contributed by atoms with Crippen molar-refractivity contribution in [1.82, 2.24) is 5.32 Å². The molecule has 0 aliphatic rings. The van der Waals surface area contributed by atoms with Crippen LogP contribution in [0, 0.1) is 0 Å². The molecule has 1 aromatic heterocycles. The highest BCUT2D eigenvalue weighted by atomic mass is 35.5. The predicted octanol–water partition coefficient (Wildman–Crippen LogP) is 6.25. The first-order valence-corrected chi connectivity index (χ1v) is 8.49. The SMILES string of the molecule is CCCC(NC(C)c1ccc(Cl)cc1Cl)c1cccs1. The molecular formula is C16H19Cl2NS. The van der Waals surface area contributed by atoms with Gasteiger partial charge < -0.3 is 5.32 Å². The zero-order chi connectivity index (χ0) is 14.5.